The maximum absolute atomic E-state index is 13.9. The quantitative estimate of drug-likeness (QED) is 0.810. The van der Waals surface area contributed by atoms with Gasteiger partial charge in [0.15, 0.2) is 11.6 Å². The second-order valence-electron chi connectivity index (χ2n) is 4.81. The zero-order chi connectivity index (χ0) is 13.8. The van der Waals surface area contributed by atoms with Gasteiger partial charge in [-0.3, -0.25) is 4.79 Å². The van der Waals surface area contributed by atoms with E-state index in [0.717, 1.165) is 0 Å². The maximum Gasteiger partial charge on any atom is 0.219 e. The first-order valence-corrected chi connectivity index (χ1v) is 5.70. The number of rotatable bonds is 6. The van der Waals surface area contributed by atoms with Crippen molar-refractivity contribution < 1.29 is 13.9 Å². The van der Waals surface area contributed by atoms with Crippen LogP contribution >= 0.6 is 0 Å². The monoisotopic (exact) mass is 254 g/mol. The van der Waals surface area contributed by atoms with Crippen molar-refractivity contribution in [2.45, 2.75) is 32.4 Å². The minimum atomic E-state index is -0.471. The summed E-state index contributed by atoms with van der Waals surface area (Å²) in [5.41, 5.74) is 5.17. The Morgan fingerprint density at radius 3 is 2.72 bits per heavy atom. The van der Waals surface area contributed by atoms with Gasteiger partial charge in [-0.1, -0.05) is 12.1 Å². The van der Waals surface area contributed by atoms with E-state index in [1.807, 2.05) is 13.8 Å². The molecule has 5 heteroatoms. The number of hydrogen-bond donors (Lipinski definition) is 2. The summed E-state index contributed by atoms with van der Waals surface area (Å²) in [6.07, 6.45) is 0.193. The largest absolute Gasteiger partial charge is 0.494 e. The van der Waals surface area contributed by atoms with Crippen molar-refractivity contribution >= 4 is 5.91 Å². The van der Waals surface area contributed by atoms with Gasteiger partial charge in [0.05, 0.1) is 7.11 Å². The molecule has 4 nitrogen and oxygen atoms in total. The van der Waals surface area contributed by atoms with Crippen LogP contribution in [-0.2, 0) is 11.3 Å². The number of ether oxygens (including phenoxy) is 1. The van der Waals surface area contributed by atoms with Gasteiger partial charge in [0.2, 0.25) is 5.91 Å². The number of amides is 1. The molecule has 0 aliphatic carbocycles. The molecule has 0 radical (unpaired) electrons. The summed E-state index contributed by atoms with van der Waals surface area (Å²) in [4.78, 5) is 10.9. The zero-order valence-electron chi connectivity index (χ0n) is 10.9. The third-order valence-corrected chi connectivity index (χ3v) is 2.64. The third kappa shape index (κ3) is 4.00. The van der Waals surface area contributed by atoms with Crippen LogP contribution in [0.15, 0.2) is 18.2 Å². The van der Waals surface area contributed by atoms with Crippen LogP contribution in [-0.4, -0.2) is 18.6 Å². The fourth-order valence-corrected chi connectivity index (χ4v) is 1.68. The van der Waals surface area contributed by atoms with E-state index in [1.165, 1.54) is 7.11 Å². The lowest BCUT2D eigenvalue weighted by molar-refractivity contribution is -0.119. The van der Waals surface area contributed by atoms with E-state index in [0.29, 0.717) is 12.1 Å². The Morgan fingerprint density at radius 2 is 2.17 bits per heavy atom. The Morgan fingerprint density at radius 1 is 1.50 bits per heavy atom. The lowest BCUT2D eigenvalue weighted by Crippen LogP contribution is -2.42. The lowest BCUT2D eigenvalue weighted by Gasteiger charge is -2.25. The van der Waals surface area contributed by atoms with E-state index < -0.39 is 11.4 Å². The minimum absolute atomic E-state index is 0.193. The van der Waals surface area contributed by atoms with Gasteiger partial charge >= 0.3 is 0 Å². The van der Waals surface area contributed by atoms with Crippen LogP contribution in [0.1, 0.15) is 25.8 Å². The molecule has 18 heavy (non-hydrogen) atoms. The fraction of sp³-hybridized carbons (Fsp3) is 0.462. The van der Waals surface area contributed by atoms with E-state index in [2.05, 4.69) is 5.32 Å². The lowest BCUT2D eigenvalue weighted by atomic mass is 10.00. The molecule has 0 unspecified atom stereocenters. The van der Waals surface area contributed by atoms with Gasteiger partial charge < -0.3 is 15.8 Å². The van der Waals surface area contributed by atoms with Crippen LogP contribution in [0.5, 0.6) is 5.75 Å². The van der Waals surface area contributed by atoms with E-state index in [1.54, 1.807) is 18.2 Å². The molecule has 0 aromatic heterocycles. The van der Waals surface area contributed by atoms with Gasteiger partial charge in [-0.15, -0.1) is 0 Å². The number of hydrogen-bond acceptors (Lipinski definition) is 3. The number of nitrogens with two attached hydrogens (primary N) is 1. The predicted molar refractivity (Wildman–Crippen MR) is 67.7 cm³/mol. The summed E-state index contributed by atoms with van der Waals surface area (Å²) < 4.78 is 18.8. The van der Waals surface area contributed by atoms with Gasteiger partial charge in [0.1, 0.15) is 0 Å². The smallest absolute Gasteiger partial charge is 0.219 e. The Kier molecular flexibility index (Phi) is 4.67. The number of carbonyl (C=O) groups is 1. The second-order valence-corrected chi connectivity index (χ2v) is 4.81. The molecule has 0 heterocycles. The number of nitrogens with one attached hydrogen (secondary N) is 1. The average molecular weight is 254 g/mol. The molecule has 0 aliphatic rings. The van der Waals surface area contributed by atoms with Crippen molar-refractivity contribution in [3.8, 4) is 5.75 Å². The molecule has 3 N–H and O–H groups in total. The highest BCUT2D eigenvalue weighted by Crippen LogP contribution is 2.20. The molecule has 0 spiro atoms. The summed E-state index contributed by atoms with van der Waals surface area (Å²) in [5, 5.41) is 3.10. The predicted octanol–water partition coefficient (Wildman–Crippen LogP) is 1.58. The van der Waals surface area contributed by atoms with Gasteiger partial charge in [0.25, 0.3) is 0 Å². The molecular formula is C13H19FN2O2. The normalized spacial score (nSPS) is 11.3. The summed E-state index contributed by atoms with van der Waals surface area (Å²) in [6.45, 7) is 4.00. The molecular weight excluding hydrogens is 235 g/mol. The molecule has 100 valence electrons. The Labute approximate surface area is 106 Å². The van der Waals surface area contributed by atoms with E-state index in [-0.39, 0.29) is 18.0 Å². The fourth-order valence-electron chi connectivity index (χ4n) is 1.68. The van der Waals surface area contributed by atoms with Crippen molar-refractivity contribution in [1.29, 1.82) is 0 Å². The highest BCUT2D eigenvalue weighted by atomic mass is 19.1. The van der Waals surface area contributed by atoms with Crippen molar-refractivity contribution in [3.05, 3.63) is 29.6 Å². The van der Waals surface area contributed by atoms with Gasteiger partial charge in [0, 0.05) is 24.1 Å². The van der Waals surface area contributed by atoms with E-state index in [4.69, 9.17) is 10.5 Å². The van der Waals surface area contributed by atoms with E-state index >= 15 is 0 Å². The topological polar surface area (TPSA) is 64.3 Å². The Balaban J connectivity index is 2.71. The summed E-state index contributed by atoms with van der Waals surface area (Å²) in [7, 11) is 1.42. The van der Waals surface area contributed by atoms with Crippen molar-refractivity contribution in [3.63, 3.8) is 0 Å². The SMILES string of the molecule is COc1cccc(CNC(C)(C)CC(N)=O)c1F. The first kappa shape index (κ1) is 14.4. The highest BCUT2D eigenvalue weighted by molar-refractivity contribution is 5.74. The molecule has 0 fully saturated rings. The highest BCUT2D eigenvalue weighted by Gasteiger charge is 2.20. The number of primary amides is 1. The van der Waals surface area contributed by atoms with Gasteiger partial charge in [-0.25, -0.2) is 4.39 Å². The van der Waals surface area contributed by atoms with Crippen LogP contribution in [0, 0.1) is 5.82 Å². The molecule has 0 saturated heterocycles. The number of carbonyl (C=O) groups excluding carboxylic acids is 1. The van der Waals surface area contributed by atoms with E-state index in [9.17, 15) is 9.18 Å². The molecule has 0 aliphatic heterocycles. The molecule has 0 bridgehead atoms. The van der Waals surface area contributed by atoms with Gasteiger partial charge in [-0.05, 0) is 19.9 Å². The average Bonchev–Trinajstić information content (AvgIpc) is 2.26. The Hall–Kier alpha value is -1.62. The molecule has 1 rings (SSSR count). The first-order valence-electron chi connectivity index (χ1n) is 5.70. The number of halogens is 1. The van der Waals surface area contributed by atoms with Crippen LogP contribution in [0.3, 0.4) is 0 Å². The Bertz CT molecular complexity index is 433. The summed E-state index contributed by atoms with van der Waals surface area (Å²) in [6, 6.07) is 4.96. The molecule has 0 saturated carbocycles. The maximum atomic E-state index is 13.9. The van der Waals surface area contributed by atoms with Crippen molar-refractivity contribution in [2.75, 3.05) is 7.11 Å². The van der Waals surface area contributed by atoms with Crippen molar-refractivity contribution in [1.82, 2.24) is 5.32 Å². The van der Waals surface area contributed by atoms with Crippen molar-refractivity contribution in [2.24, 2.45) is 5.73 Å². The summed E-state index contributed by atoms with van der Waals surface area (Å²) in [5.74, 6) is -0.567. The number of benzene rings is 1. The van der Waals surface area contributed by atoms with Crippen LogP contribution < -0.4 is 15.8 Å². The van der Waals surface area contributed by atoms with Gasteiger partial charge in [-0.2, -0.15) is 0 Å². The minimum Gasteiger partial charge on any atom is -0.494 e. The number of methoxy groups -OCH3 is 1. The molecule has 1 aromatic rings. The molecule has 1 aromatic carbocycles. The first-order chi connectivity index (χ1) is 8.35. The second kappa shape index (κ2) is 5.82. The van der Waals surface area contributed by atoms with Crippen LogP contribution in [0.2, 0.25) is 0 Å². The third-order valence-electron chi connectivity index (χ3n) is 2.64. The van der Waals surface area contributed by atoms with Crippen LogP contribution in [0.25, 0.3) is 0 Å². The molecule has 0 atom stereocenters. The standard InChI is InChI=1S/C13H19FN2O2/c1-13(2,7-11(15)17)16-8-9-5-4-6-10(18-3)12(9)14/h4-6,16H,7-8H2,1-3H3,(H2,15,17). The zero-order valence-corrected chi connectivity index (χ0v) is 10.9. The molecule has 1 amide bonds. The summed E-state index contributed by atoms with van der Waals surface area (Å²) >= 11 is 0. The van der Waals surface area contributed by atoms with Crippen LogP contribution in [0.4, 0.5) is 4.39 Å².